The van der Waals surface area contributed by atoms with Crippen molar-refractivity contribution < 1.29 is 14.3 Å². The minimum Gasteiger partial charge on any atom is -0.493 e. The normalized spacial score (nSPS) is 9.31. The Kier molecular flexibility index (Phi) is 4.74. The maximum Gasteiger partial charge on any atom is 0.173 e. The van der Waals surface area contributed by atoms with E-state index in [0.717, 1.165) is 11.8 Å². The van der Waals surface area contributed by atoms with Gasteiger partial charge in [0, 0.05) is 5.56 Å². The fraction of sp³-hybridized carbons (Fsp3) is 0.250. The Labute approximate surface area is 99.1 Å². The second-order valence-corrected chi connectivity index (χ2v) is 3.71. The zero-order valence-corrected chi connectivity index (χ0v) is 9.97. The lowest BCUT2D eigenvalue weighted by molar-refractivity contribution is 0.102. The number of hydrogen-bond acceptors (Lipinski definition) is 4. The summed E-state index contributed by atoms with van der Waals surface area (Å²) in [6.45, 7) is 0. The van der Waals surface area contributed by atoms with Crippen LogP contribution in [0, 0.1) is 11.7 Å². The van der Waals surface area contributed by atoms with Crippen molar-refractivity contribution in [1.82, 2.24) is 0 Å². The molecule has 0 fully saturated rings. The molecule has 0 heterocycles. The molecule has 0 radical (unpaired) electrons. The summed E-state index contributed by atoms with van der Waals surface area (Å²) in [5.74, 6) is 1.39. The van der Waals surface area contributed by atoms with E-state index in [1.165, 1.54) is 7.11 Å². The van der Waals surface area contributed by atoms with Gasteiger partial charge in [-0.25, -0.2) is 0 Å². The van der Waals surface area contributed by atoms with E-state index in [9.17, 15) is 4.79 Å². The van der Waals surface area contributed by atoms with E-state index in [-0.39, 0.29) is 11.5 Å². The number of Topliss-reactive ketones (excluding diaryl/α,β-unsaturated/α-hetero) is 1. The van der Waals surface area contributed by atoms with Crippen LogP contribution in [0.4, 0.5) is 0 Å². The first-order valence-corrected chi connectivity index (χ1v) is 5.54. The van der Waals surface area contributed by atoms with E-state index in [1.807, 2.05) is 0 Å². The molecule has 3 nitrogen and oxygen atoms in total. The fourth-order valence-electron chi connectivity index (χ4n) is 1.20. The summed E-state index contributed by atoms with van der Waals surface area (Å²) in [5, 5.41) is 2.36. The van der Waals surface area contributed by atoms with Crippen molar-refractivity contribution in [3.05, 3.63) is 23.8 Å². The minimum absolute atomic E-state index is 0.0242. The third kappa shape index (κ3) is 2.94. The zero-order chi connectivity index (χ0) is 12.0. The molecule has 0 spiro atoms. The van der Waals surface area contributed by atoms with Gasteiger partial charge in [-0.3, -0.25) is 4.79 Å². The van der Waals surface area contributed by atoms with Crippen molar-refractivity contribution in [1.29, 1.82) is 0 Å². The lowest BCUT2D eigenvalue weighted by Crippen LogP contribution is -2.02. The first kappa shape index (κ1) is 12.5. The van der Waals surface area contributed by atoms with Crippen LogP contribution >= 0.6 is 11.8 Å². The van der Waals surface area contributed by atoms with Gasteiger partial charge in [-0.05, 0) is 23.5 Å². The standard InChI is InChI=1S/C12H12O3S/c1-4-16-8-10(13)9-5-6-11(14-2)12(7-9)15-3/h1,5-7H,8H2,2-3H3. The molecule has 0 aliphatic rings. The lowest BCUT2D eigenvalue weighted by atomic mass is 10.1. The van der Waals surface area contributed by atoms with Crippen LogP contribution in [-0.4, -0.2) is 25.8 Å². The molecule has 0 aromatic heterocycles. The van der Waals surface area contributed by atoms with Crippen molar-refractivity contribution >= 4 is 17.5 Å². The Morgan fingerprint density at radius 2 is 2.06 bits per heavy atom. The minimum atomic E-state index is -0.0242. The number of benzene rings is 1. The summed E-state index contributed by atoms with van der Waals surface area (Å²) in [7, 11) is 3.08. The second-order valence-electron chi connectivity index (χ2n) is 2.90. The van der Waals surface area contributed by atoms with E-state index in [2.05, 4.69) is 5.25 Å². The summed E-state index contributed by atoms with van der Waals surface area (Å²) >= 11 is 1.14. The van der Waals surface area contributed by atoms with E-state index in [0.29, 0.717) is 17.1 Å². The number of carbonyl (C=O) groups excluding carboxylic acids is 1. The summed E-state index contributed by atoms with van der Waals surface area (Å²) in [4.78, 5) is 11.7. The Balaban J connectivity index is 2.91. The van der Waals surface area contributed by atoms with Crippen LogP contribution in [0.5, 0.6) is 11.5 Å². The summed E-state index contributed by atoms with van der Waals surface area (Å²) in [6, 6.07) is 5.05. The molecule has 0 amide bonds. The predicted octanol–water partition coefficient (Wildman–Crippen LogP) is 2.21. The average molecular weight is 236 g/mol. The Morgan fingerprint density at radius 1 is 1.38 bits per heavy atom. The number of ketones is 1. The van der Waals surface area contributed by atoms with Crippen LogP contribution in [0.1, 0.15) is 10.4 Å². The van der Waals surface area contributed by atoms with Crippen LogP contribution in [0.15, 0.2) is 18.2 Å². The number of thioether (sulfide) groups is 1. The molecule has 0 unspecified atom stereocenters. The number of hydrogen-bond donors (Lipinski definition) is 0. The molecule has 0 bridgehead atoms. The maximum atomic E-state index is 11.7. The molecule has 0 N–H and O–H groups in total. The van der Waals surface area contributed by atoms with Crippen molar-refractivity contribution in [3.8, 4) is 23.2 Å². The van der Waals surface area contributed by atoms with Gasteiger partial charge in [-0.1, -0.05) is 11.8 Å². The Bertz CT molecular complexity index is 421. The quantitative estimate of drug-likeness (QED) is 0.580. The average Bonchev–Trinajstić information content (AvgIpc) is 2.34. The monoisotopic (exact) mass is 236 g/mol. The highest BCUT2D eigenvalue weighted by Gasteiger charge is 2.10. The second kappa shape index (κ2) is 6.09. The van der Waals surface area contributed by atoms with Gasteiger partial charge in [0.05, 0.1) is 20.0 Å². The SMILES string of the molecule is C#CSCC(=O)c1ccc(OC)c(OC)c1. The summed E-state index contributed by atoms with van der Waals surface area (Å²) in [5.41, 5.74) is 0.570. The molecule has 84 valence electrons. The van der Waals surface area contributed by atoms with E-state index >= 15 is 0 Å². The van der Waals surface area contributed by atoms with Crippen LogP contribution in [0.2, 0.25) is 0 Å². The highest BCUT2D eigenvalue weighted by molar-refractivity contribution is 8.04. The molecule has 0 aliphatic heterocycles. The highest BCUT2D eigenvalue weighted by atomic mass is 32.2. The van der Waals surface area contributed by atoms with Gasteiger partial charge in [0.2, 0.25) is 0 Å². The zero-order valence-electron chi connectivity index (χ0n) is 9.15. The van der Waals surface area contributed by atoms with Crippen molar-refractivity contribution in [2.24, 2.45) is 0 Å². The fourth-order valence-corrected chi connectivity index (χ4v) is 1.58. The molecule has 4 heteroatoms. The van der Waals surface area contributed by atoms with Gasteiger partial charge in [0.1, 0.15) is 0 Å². The van der Waals surface area contributed by atoms with Crippen LogP contribution in [0.3, 0.4) is 0 Å². The van der Waals surface area contributed by atoms with Gasteiger partial charge < -0.3 is 9.47 Å². The van der Waals surface area contributed by atoms with Gasteiger partial charge in [0.15, 0.2) is 17.3 Å². The third-order valence-corrected chi connectivity index (χ3v) is 2.57. The van der Waals surface area contributed by atoms with Crippen molar-refractivity contribution in [3.63, 3.8) is 0 Å². The number of terminal acetylenes is 1. The van der Waals surface area contributed by atoms with Crippen molar-refractivity contribution in [2.75, 3.05) is 20.0 Å². The molecule has 0 atom stereocenters. The Hall–Kier alpha value is -1.60. The first-order chi connectivity index (χ1) is 7.72. The maximum absolute atomic E-state index is 11.7. The molecular formula is C12H12O3S. The van der Waals surface area contributed by atoms with E-state index in [1.54, 1.807) is 25.3 Å². The molecule has 1 aromatic rings. The number of rotatable bonds is 5. The lowest BCUT2D eigenvalue weighted by Gasteiger charge is -2.08. The van der Waals surface area contributed by atoms with E-state index in [4.69, 9.17) is 15.9 Å². The van der Waals surface area contributed by atoms with Crippen LogP contribution in [-0.2, 0) is 0 Å². The molecule has 1 aromatic carbocycles. The topological polar surface area (TPSA) is 35.5 Å². The summed E-state index contributed by atoms with van der Waals surface area (Å²) < 4.78 is 10.2. The largest absolute Gasteiger partial charge is 0.493 e. The predicted molar refractivity (Wildman–Crippen MR) is 65.2 cm³/mol. The highest BCUT2D eigenvalue weighted by Crippen LogP contribution is 2.27. The van der Waals surface area contributed by atoms with Crippen LogP contribution in [0.25, 0.3) is 0 Å². The summed E-state index contributed by atoms with van der Waals surface area (Å²) in [6.07, 6.45) is 5.07. The molecule has 0 saturated carbocycles. The molecule has 16 heavy (non-hydrogen) atoms. The van der Waals surface area contributed by atoms with Crippen LogP contribution < -0.4 is 9.47 Å². The van der Waals surface area contributed by atoms with Crippen molar-refractivity contribution in [2.45, 2.75) is 0 Å². The van der Waals surface area contributed by atoms with Gasteiger partial charge >= 0.3 is 0 Å². The van der Waals surface area contributed by atoms with Gasteiger partial charge in [0.25, 0.3) is 0 Å². The van der Waals surface area contributed by atoms with E-state index < -0.39 is 0 Å². The molecule has 0 saturated heterocycles. The smallest absolute Gasteiger partial charge is 0.173 e. The molecule has 0 aliphatic carbocycles. The first-order valence-electron chi connectivity index (χ1n) is 4.55. The number of methoxy groups -OCH3 is 2. The number of carbonyl (C=O) groups is 1. The molecular weight excluding hydrogens is 224 g/mol. The Morgan fingerprint density at radius 3 is 2.62 bits per heavy atom. The van der Waals surface area contributed by atoms with Gasteiger partial charge in [-0.2, -0.15) is 0 Å². The third-order valence-electron chi connectivity index (χ3n) is 1.99. The van der Waals surface area contributed by atoms with Gasteiger partial charge in [-0.15, -0.1) is 6.42 Å². The molecule has 1 rings (SSSR count). The number of ether oxygens (including phenoxy) is 2.